The number of nitrogens with one attached hydrogen (secondary N) is 1. The number of carbonyl (C=O) groups excluding carboxylic acids is 1. The van der Waals surface area contributed by atoms with Crippen LogP contribution in [0.15, 0.2) is 46.3 Å². The van der Waals surface area contributed by atoms with Gasteiger partial charge in [0.05, 0.1) is 0 Å². The van der Waals surface area contributed by atoms with Gasteiger partial charge in [0.2, 0.25) is 0 Å². The highest BCUT2D eigenvalue weighted by atomic mass is 79.9. The van der Waals surface area contributed by atoms with E-state index in [4.69, 9.17) is 18.0 Å². The molecule has 0 aliphatic heterocycles. The van der Waals surface area contributed by atoms with E-state index in [2.05, 4.69) is 21.2 Å². The maximum Gasteiger partial charge on any atom is 0.263 e. The van der Waals surface area contributed by atoms with Crippen LogP contribution in [0.2, 0.25) is 0 Å². The summed E-state index contributed by atoms with van der Waals surface area (Å²) >= 11 is 9.73. The summed E-state index contributed by atoms with van der Waals surface area (Å²) in [5, 5.41) is 4.70. The van der Waals surface area contributed by atoms with Crippen molar-refractivity contribution in [3.8, 4) is 0 Å². The molecule has 2 aromatic rings. The van der Waals surface area contributed by atoms with Gasteiger partial charge in [-0.2, -0.15) is 0 Å². The largest absolute Gasteiger partial charge is 0.391 e. The van der Waals surface area contributed by atoms with Crippen LogP contribution in [0.1, 0.15) is 21.3 Å². The van der Waals surface area contributed by atoms with Crippen molar-refractivity contribution in [1.29, 1.82) is 0 Å². The molecule has 0 aliphatic rings. The molecular weight excluding hydrogens is 344 g/mol. The maximum atomic E-state index is 12.2. The molecule has 1 heterocycles. The van der Waals surface area contributed by atoms with Crippen LogP contribution in [0.5, 0.6) is 0 Å². The number of thiocarbonyl (C=S) groups is 1. The number of halogens is 1. The molecule has 0 bridgehead atoms. The molecule has 1 atom stereocenters. The van der Waals surface area contributed by atoms with E-state index in [9.17, 15) is 4.79 Å². The topological polar surface area (TPSA) is 55.1 Å². The summed E-state index contributed by atoms with van der Waals surface area (Å²) in [4.78, 5) is 13.0. The number of carbonyl (C=O) groups is 1. The lowest BCUT2D eigenvalue weighted by Gasteiger charge is -2.17. The van der Waals surface area contributed by atoms with Crippen LogP contribution in [0.4, 0.5) is 0 Å². The van der Waals surface area contributed by atoms with Gasteiger partial charge in [-0.3, -0.25) is 4.79 Å². The van der Waals surface area contributed by atoms with Gasteiger partial charge < -0.3 is 11.1 Å². The van der Waals surface area contributed by atoms with Gasteiger partial charge in [0.1, 0.15) is 15.9 Å². The average molecular weight is 355 g/mol. The molecule has 6 heteroatoms. The van der Waals surface area contributed by atoms with E-state index in [1.165, 1.54) is 11.3 Å². The summed E-state index contributed by atoms with van der Waals surface area (Å²) in [5.74, 6) is -0.191. The Morgan fingerprint density at radius 3 is 2.53 bits per heavy atom. The highest BCUT2D eigenvalue weighted by molar-refractivity contribution is 9.10. The first-order chi connectivity index (χ1) is 9.09. The molecule has 0 fully saturated rings. The van der Waals surface area contributed by atoms with E-state index < -0.39 is 6.04 Å². The van der Waals surface area contributed by atoms with Crippen molar-refractivity contribution < 1.29 is 4.79 Å². The molecule has 3 nitrogen and oxygen atoms in total. The minimum atomic E-state index is -0.460. The van der Waals surface area contributed by atoms with Crippen molar-refractivity contribution in [1.82, 2.24) is 5.32 Å². The summed E-state index contributed by atoms with van der Waals surface area (Å²) in [7, 11) is 0. The van der Waals surface area contributed by atoms with Crippen LogP contribution in [-0.4, -0.2) is 10.9 Å². The number of hydrogen-bond acceptors (Lipinski definition) is 3. The predicted molar refractivity (Wildman–Crippen MR) is 85.5 cm³/mol. The van der Waals surface area contributed by atoms with Gasteiger partial charge in [-0.15, -0.1) is 11.3 Å². The summed E-state index contributed by atoms with van der Waals surface area (Å²) in [6.07, 6.45) is 0. The molecule has 3 N–H and O–H groups in total. The zero-order valence-electron chi connectivity index (χ0n) is 9.80. The van der Waals surface area contributed by atoms with Crippen LogP contribution in [0.25, 0.3) is 0 Å². The SMILES string of the molecule is NC(=S)C(NC(=O)c1sccc1Br)c1ccccc1. The van der Waals surface area contributed by atoms with E-state index in [1.54, 1.807) is 0 Å². The monoisotopic (exact) mass is 354 g/mol. The Bertz CT molecular complexity index is 598. The van der Waals surface area contributed by atoms with Crippen molar-refractivity contribution in [3.63, 3.8) is 0 Å². The Labute approximate surface area is 129 Å². The Hall–Kier alpha value is -1.24. The van der Waals surface area contributed by atoms with Gasteiger partial charge in [-0.1, -0.05) is 42.5 Å². The van der Waals surface area contributed by atoms with Crippen LogP contribution < -0.4 is 11.1 Å². The highest BCUT2D eigenvalue weighted by Crippen LogP contribution is 2.23. The van der Waals surface area contributed by atoms with Crippen LogP contribution in [0.3, 0.4) is 0 Å². The number of hydrogen-bond donors (Lipinski definition) is 2. The third kappa shape index (κ3) is 3.40. The smallest absolute Gasteiger partial charge is 0.263 e. The molecule has 0 spiro atoms. The molecule has 0 radical (unpaired) electrons. The van der Waals surface area contributed by atoms with Gasteiger partial charge in [-0.05, 0) is 32.9 Å². The first kappa shape index (κ1) is 14.2. The standard InChI is InChI=1S/C13H11BrN2OS2/c14-9-6-7-19-11(9)13(17)16-10(12(15)18)8-4-2-1-3-5-8/h1-7,10H,(H2,15,18)(H,16,17). The quantitative estimate of drug-likeness (QED) is 0.828. The summed E-state index contributed by atoms with van der Waals surface area (Å²) in [5.41, 5.74) is 6.59. The van der Waals surface area contributed by atoms with Gasteiger partial charge >= 0.3 is 0 Å². The lowest BCUT2D eigenvalue weighted by molar-refractivity contribution is 0.0950. The van der Waals surface area contributed by atoms with E-state index in [0.717, 1.165) is 10.0 Å². The molecule has 0 aliphatic carbocycles. The van der Waals surface area contributed by atoms with Crippen molar-refractivity contribution >= 4 is 50.4 Å². The van der Waals surface area contributed by atoms with Crippen LogP contribution >= 0.6 is 39.5 Å². The van der Waals surface area contributed by atoms with Gasteiger partial charge in [0.15, 0.2) is 0 Å². The Morgan fingerprint density at radius 2 is 2.00 bits per heavy atom. The molecule has 19 heavy (non-hydrogen) atoms. The Morgan fingerprint density at radius 1 is 1.32 bits per heavy atom. The summed E-state index contributed by atoms with van der Waals surface area (Å²) in [6.45, 7) is 0. The van der Waals surface area contributed by atoms with Crippen molar-refractivity contribution in [2.24, 2.45) is 5.73 Å². The second-order valence-electron chi connectivity index (χ2n) is 3.82. The Balaban J connectivity index is 2.21. The van der Waals surface area contributed by atoms with Gasteiger partial charge in [0.25, 0.3) is 5.91 Å². The minimum absolute atomic E-state index is 0.191. The number of nitrogens with two attached hydrogens (primary N) is 1. The van der Waals surface area contributed by atoms with Crippen LogP contribution in [-0.2, 0) is 0 Å². The molecule has 1 aromatic heterocycles. The summed E-state index contributed by atoms with van der Waals surface area (Å²) < 4.78 is 0.768. The second-order valence-corrected chi connectivity index (χ2v) is 6.06. The van der Waals surface area contributed by atoms with E-state index in [-0.39, 0.29) is 10.9 Å². The third-order valence-electron chi connectivity index (χ3n) is 2.52. The molecule has 98 valence electrons. The van der Waals surface area contributed by atoms with Gasteiger partial charge in [0, 0.05) is 4.47 Å². The van der Waals surface area contributed by atoms with Crippen molar-refractivity contribution in [2.45, 2.75) is 6.04 Å². The fourth-order valence-corrected chi connectivity index (χ4v) is 3.27. The maximum absolute atomic E-state index is 12.2. The van der Waals surface area contributed by atoms with E-state index in [0.29, 0.717) is 4.88 Å². The molecular formula is C13H11BrN2OS2. The zero-order chi connectivity index (χ0) is 13.8. The average Bonchev–Trinajstić information content (AvgIpc) is 2.82. The zero-order valence-corrected chi connectivity index (χ0v) is 13.0. The normalized spacial score (nSPS) is 11.8. The first-order valence-electron chi connectivity index (χ1n) is 5.47. The van der Waals surface area contributed by atoms with Crippen LogP contribution in [0, 0.1) is 0 Å². The number of amides is 1. The van der Waals surface area contributed by atoms with E-state index in [1.807, 2.05) is 41.8 Å². The first-order valence-corrected chi connectivity index (χ1v) is 7.56. The molecule has 0 saturated carbocycles. The lowest BCUT2D eigenvalue weighted by atomic mass is 10.1. The number of thiophene rings is 1. The molecule has 1 unspecified atom stereocenters. The third-order valence-corrected chi connectivity index (χ3v) is 4.59. The van der Waals surface area contributed by atoms with Crippen molar-refractivity contribution in [3.05, 3.63) is 56.7 Å². The molecule has 2 rings (SSSR count). The Kier molecular flexibility index (Phi) is 4.68. The number of benzene rings is 1. The minimum Gasteiger partial charge on any atom is -0.391 e. The molecule has 1 aromatic carbocycles. The highest BCUT2D eigenvalue weighted by Gasteiger charge is 2.20. The molecule has 1 amide bonds. The lowest BCUT2D eigenvalue weighted by Crippen LogP contribution is -2.36. The van der Waals surface area contributed by atoms with E-state index >= 15 is 0 Å². The van der Waals surface area contributed by atoms with Crippen molar-refractivity contribution in [2.75, 3.05) is 0 Å². The predicted octanol–water partition coefficient (Wildman–Crippen LogP) is 3.27. The fourth-order valence-electron chi connectivity index (χ4n) is 1.62. The second kappa shape index (κ2) is 6.27. The number of rotatable bonds is 4. The summed E-state index contributed by atoms with van der Waals surface area (Å²) in [6, 6.07) is 10.8. The molecule has 0 saturated heterocycles. The van der Waals surface area contributed by atoms with Gasteiger partial charge in [-0.25, -0.2) is 0 Å². The fraction of sp³-hybridized carbons (Fsp3) is 0.0769.